The fourth-order valence-corrected chi connectivity index (χ4v) is 2.13. The van der Waals surface area contributed by atoms with Crippen LogP contribution in [0.1, 0.15) is 32.3 Å². The van der Waals surface area contributed by atoms with E-state index < -0.39 is 0 Å². The average molecular weight is 289 g/mol. The summed E-state index contributed by atoms with van der Waals surface area (Å²) >= 11 is 0. The van der Waals surface area contributed by atoms with Gasteiger partial charge in [-0.3, -0.25) is 4.79 Å². The third kappa shape index (κ3) is 3.97. The molecule has 1 aliphatic carbocycles. The third-order valence-corrected chi connectivity index (χ3v) is 3.75. The normalized spacial score (nSPS) is 13.7. The number of carbonyl (C=O) groups is 2. The zero-order valence-electron chi connectivity index (χ0n) is 12.9. The maximum atomic E-state index is 12.1. The van der Waals surface area contributed by atoms with Crippen LogP contribution in [0.25, 0.3) is 0 Å². The molecule has 5 nitrogen and oxygen atoms in total. The van der Waals surface area contributed by atoms with E-state index in [4.69, 9.17) is 0 Å². The molecule has 2 N–H and O–H groups in total. The van der Waals surface area contributed by atoms with E-state index in [0.717, 1.165) is 29.8 Å². The van der Waals surface area contributed by atoms with Crippen molar-refractivity contribution in [2.45, 2.75) is 33.6 Å². The highest BCUT2D eigenvalue weighted by Crippen LogP contribution is 2.30. The van der Waals surface area contributed by atoms with Crippen LogP contribution in [-0.4, -0.2) is 29.9 Å². The molecule has 1 saturated carbocycles. The van der Waals surface area contributed by atoms with E-state index in [1.54, 1.807) is 4.90 Å². The molecule has 1 aliphatic rings. The molecule has 114 valence electrons. The highest BCUT2D eigenvalue weighted by Gasteiger charge is 2.29. The quantitative estimate of drug-likeness (QED) is 0.874. The van der Waals surface area contributed by atoms with Crippen molar-refractivity contribution in [3.05, 3.63) is 23.8 Å². The van der Waals surface area contributed by atoms with Crippen LogP contribution >= 0.6 is 0 Å². The number of hydrogen-bond acceptors (Lipinski definition) is 2. The Morgan fingerprint density at radius 3 is 2.43 bits per heavy atom. The van der Waals surface area contributed by atoms with Crippen LogP contribution < -0.4 is 10.6 Å². The second kappa shape index (κ2) is 6.61. The van der Waals surface area contributed by atoms with Gasteiger partial charge in [0.05, 0.1) is 0 Å². The molecule has 0 bridgehead atoms. The molecule has 0 saturated heterocycles. The first-order valence-corrected chi connectivity index (χ1v) is 7.52. The second-order valence-corrected chi connectivity index (χ2v) is 5.40. The molecule has 1 aromatic rings. The Bertz CT molecular complexity index is 534. The predicted octanol–water partition coefficient (Wildman–Crippen LogP) is 3.22. The minimum atomic E-state index is -0.117. The molecule has 0 unspecified atom stereocenters. The van der Waals surface area contributed by atoms with Gasteiger partial charge in [0.2, 0.25) is 5.91 Å². The topological polar surface area (TPSA) is 61.4 Å². The Hall–Kier alpha value is -2.04. The SMILES string of the molecule is CCN(CC)C(=O)Nc1cc(NC(=O)C2CC2)ccc1C. The van der Waals surface area contributed by atoms with Crippen molar-refractivity contribution in [1.82, 2.24) is 4.90 Å². The number of hydrogen-bond donors (Lipinski definition) is 2. The van der Waals surface area contributed by atoms with Crippen molar-refractivity contribution in [3.63, 3.8) is 0 Å². The Balaban J connectivity index is 2.07. The Kier molecular flexibility index (Phi) is 4.83. The number of benzene rings is 1. The molecule has 2 rings (SSSR count). The molecule has 0 aliphatic heterocycles. The number of carbonyl (C=O) groups excluding carboxylic acids is 2. The van der Waals surface area contributed by atoms with E-state index in [2.05, 4.69) is 10.6 Å². The molecule has 5 heteroatoms. The fraction of sp³-hybridized carbons (Fsp3) is 0.500. The summed E-state index contributed by atoms with van der Waals surface area (Å²) in [6.45, 7) is 7.16. The van der Waals surface area contributed by atoms with Crippen LogP contribution in [0.15, 0.2) is 18.2 Å². The fourth-order valence-electron chi connectivity index (χ4n) is 2.13. The molecule has 0 atom stereocenters. The van der Waals surface area contributed by atoms with Gasteiger partial charge in [0.25, 0.3) is 0 Å². The van der Waals surface area contributed by atoms with Crippen LogP contribution in [0.3, 0.4) is 0 Å². The smallest absolute Gasteiger partial charge is 0.321 e. The van der Waals surface area contributed by atoms with Crippen molar-refractivity contribution in [1.29, 1.82) is 0 Å². The van der Waals surface area contributed by atoms with Crippen LogP contribution in [0, 0.1) is 12.8 Å². The average Bonchev–Trinajstić information content (AvgIpc) is 3.28. The molecule has 1 fully saturated rings. The third-order valence-electron chi connectivity index (χ3n) is 3.75. The van der Waals surface area contributed by atoms with Crippen molar-refractivity contribution in [2.75, 3.05) is 23.7 Å². The lowest BCUT2D eigenvalue weighted by atomic mass is 10.1. The van der Waals surface area contributed by atoms with E-state index in [1.165, 1.54) is 0 Å². The van der Waals surface area contributed by atoms with E-state index in [9.17, 15) is 9.59 Å². The summed E-state index contributed by atoms with van der Waals surface area (Å²) in [5.41, 5.74) is 2.44. The number of nitrogens with one attached hydrogen (secondary N) is 2. The zero-order chi connectivity index (χ0) is 15.4. The summed E-state index contributed by atoms with van der Waals surface area (Å²) in [4.78, 5) is 25.6. The highest BCUT2D eigenvalue weighted by molar-refractivity contribution is 5.96. The van der Waals surface area contributed by atoms with Gasteiger partial charge in [0, 0.05) is 30.4 Å². The lowest BCUT2D eigenvalue weighted by Crippen LogP contribution is -2.34. The summed E-state index contributed by atoms with van der Waals surface area (Å²) in [5, 5.41) is 5.80. The summed E-state index contributed by atoms with van der Waals surface area (Å²) < 4.78 is 0. The van der Waals surface area contributed by atoms with Gasteiger partial charge in [-0.1, -0.05) is 6.07 Å². The van der Waals surface area contributed by atoms with Crippen LogP contribution in [0.2, 0.25) is 0 Å². The van der Waals surface area contributed by atoms with Crippen LogP contribution in [0.5, 0.6) is 0 Å². The van der Waals surface area contributed by atoms with Gasteiger partial charge in [-0.25, -0.2) is 4.79 Å². The predicted molar refractivity (Wildman–Crippen MR) is 84.5 cm³/mol. The minimum Gasteiger partial charge on any atom is -0.326 e. The molecular formula is C16H23N3O2. The largest absolute Gasteiger partial charge is 0.326 e. The lowest BCUT2D eigenvalue weighted by molar-refractivity contribution is -0.117. The Morgan fingerprint density at radius 1 is 1.19 bits per heavy atom. The first-order chi connectivity index (χ1) is 10.0. The monoisotopic (exact) mass is 289 g/mol. The Morgan fingerprint density at radius 2 is 1.86 bits per heavy atom. The summed E-state index contributed by atoms with van der Waals surface area (Å²) in [7, 11) is 0. The molecule has 0 heterocycles. The van der Waals surface area contributed by atoms with Gasteiger partial charge in [-0.2, -0.15) is 0 Å². The number of nitrogens with zero attached hydrogens (tertiary/aromatic N) is 1. The molecule has 0 aromatic heterocycles. The molecule has 0 radical (unpaired) electrons. The number of urea groups is 1. The van der Waals surface area contributed by atoms with Crippen LogP contribution in [0.4, 0.5) is 16.2 Å². The van der Waals surface area contributed by atoms with Gasteiger partial charge in [-0.15, -0.1) is 0 Å². The number of amides is 3. The lowest BCUT2D eigenvalue weighted by Gasteiger charge is -2.20. The van der Waals surface area contributed by atoms with Gasteiger partial charge >= 0.3 is 6.03 Å². The van der Waals surface area contributed by atoms with Crippen molar-refractivity contribution >= 4 is 23.3 Å². The highest BCUT2D eigenvalue weighted by atomic mass is 16.2. The van der Waals surface area contributed by atoms with Gasteiger partial charge in [0.1, 0.15) is 0 Å². The first kappa shape index (κ1) is 15.4. The number of anilines is 2. The molecular weight excluding hydrogens is 266 g/mol. The van der Waals surface area contributed by atoms with Gasteiger partial charge in [-0.05, 0) is 51.3 Å². The number of rotatable bonds is 5. The van der Waals surface area contributed by atoms with Crippen molar-refractivity contribution in [3.8, 4) is 0 Å². The molecule has 0 spiro atoms. The summed E-state index contributed by atoms with van der Waals surface area (Å²) in [6, 6.07) is 5.47. The van der Waals surface area contributed by atoms with E-state index in [-0.39, 0.29) is 17.9 Å². The van der Waals surface area contributed by atoms with Gasteiger partial charge in [0.15, 0.2) is 0 Å². The Labute approximate surface area is 125 Å². The first-order valence-electron chi connectivity index (χ1n) is 7.52. The van der Waals surface area contributed by atoms with E-state index >= 15 is 0 Å². The van der Waals surface area contributed by atoms with Crippen molar-refractivity contribution < 1.29 is 9.59 Å². The second-order valence-electron chi connectivity index (χ2n) is 5.40. The summed E-state index contributed by atoms with van der Waals surface area (Å²) in [6.07, 6.45) is 1.95. The van der Waals surface area contributed by atoms with Gasteiger partial charge < -0.3 is 15.5 Å². The molecule has 21 heavy (non-hydrogen) atoms. The standard InChI is InChI=1S/C16H23N3O2/c1-4-19(5-2)16(21)18-14-10-13(9-6-11(14)3)17-15(20)12-7-8-12/h6,9-10,12H,4-5,7-8H2,1-3H3,(H,17,20)(H,18,21). The van der Waals surface area contributed by atoms with E-state index in [1.807, 2.05) is 39.0 Å². The van der Waals surface area contributed by atoms with Crippen LogP contribution in [-0.2, 0) is 4.79 Å². The van der Waals surface area contributed by atoms with Crippen molar-refractivity contribution in [2.24, 2.45) is 5.92 Å². The zero-order valence-corrected chi connectivity index (χ0v) is 12.9. The number of aryl methyl sites for hydroxylation is 1. The minimum absolute atomic E-state index is 0.0693. The molecule has 1 aromatic carbocycles. The maximum absolute atomic E-state index is 12.1. The molecule has 3 amide bonds. The van der Waals surface area contributed by atoms with E-state index in [0.29, 0.717) is 13.1 Å². The maximum Gasteiger partial charge on any atom is 0.321 e. The summed E-state index contributed by atoms with van der Waals surface area (Å²) in [5.74, 6) is 0.236.